The van der Waals surface area contributed by atoms with Gasteiger partial charge in [-0.1, -0.05) is 33.8 Å². The molecule has 0 aliphatic carbocycles. The summed E-state index contributed by atoms with van der Waals surface area (Å²) in [6, 6.07) is 11.3. The zero-order valence-corrected chi connectivity index (χ0v) is 22.4. The Morgan fingerprint density at radius 1 is 1.09 bits per heavy atom. The lowest BCUT2D eigenvalue weighted by atomic mass is 9.87. The molecule has 1 amide bonds. The highest BCUT2D eigenvalue weighted by Crippen LogP contribution is 2.38. The molecule has 2 aromatic heterocycles. The summed E-state index contributed by atoms with van der Waals surface area (Å²) in [5.41, 5.74) is 8.49. The molecule has 3 heterocycles. The predicted octanol–water partition coefficient (Wildman–Crippen LogP) is 6.31. The smallest absolute Gasteiger partial charge is 0.236 e. The van der Waals surface area contributed by atoms with Crippen molar-refractivity contribution in [2.75, 3.05) is 26.2 Å². The molecule has 0 unspecified atom stereocenters. The molecule has 1 aromatic carbocycles. The molecule has 0 atom stereocenters. The fraction of sp³-hybridized carbons (Fsp3) is 0.533. The number of benzene rings is 1. The number of carbonyl (C=O) groups excluding carboxylic acids is 1. The van der Waals surface area contributed by atoms with Gasteiger partial charge in [0.15, 0.2) is 0 Å². The van der Waals surface area contributed by atoms with Gasteiger partial charge in [-0.2, -0.15) is 0 Å². The number of aromatic nitrogens is 2. The summed E-state index contributed by atoms with van der Waals surface area (Å²) in [6.07, 6.45) is 3.16. The van der Waals surface area contributed by atoms with Gasteiger partial charge in [-0.05, 0) is 92.8 Å². The number of likely N-dealkylation sites (tertiary alicyclic amines) is 1. The van der Waals surface area contributed by atoms with E-state index in [-0.39, 0.29) is 5.91 Å². The number of amides is 1. The Kier molecular flexibility index (Phi) is 7.95. The number of aromatic amines is 1. The average Bonchev–Trinajstić information content (AvgIpc) is 3.20. The maximum Gasteiger partial charge on any atom is 0.236 e. The van der Waals surface area contributed by atoms with Gasteiger partial charge in [-0.3, -0.25) is 9.78 Å². The predicted molar refractivity (Wildman–Crippen MR) is 146 cm³/mol. The van der Waals surface area contributed by atoms with Crippen LogP contribution in [-0.2, 0) is 4.79 Å². The van der Waals surface area contributed by atoms with Crippen LogP contribution < -0.4 is 5.32 Å². The molecule has 1 aliphatic rings. The van der Waals surface area contributed by atoms with Crippen LogP contribution >= 0.6 is 0 Å². The molecule has 0 spiro atoms. The molecule has 4 rings (SSSR count). The van der Waals surface area contributed by atoms with Gasteiger partial charge >= 0.3 is 0 Å². The number of hydrogen-bond acceptors (Lipinski definition) is 3. The molecule has 1 aliphatic heterocycles. The van der Waals surface area contributed by atoms with Crippen LogP contribution in [0.5, 0.6) is 0 Å². The van der Waals surface area contributed by atoms with Gasteiger partial charge in [0.05, 0.1) is 12.2 Å². The highest BCUT2D eigenvalue weighted by atomic mass is 16.2. The van der Waals surface area contributed by atoms with Crippen molar-refractivity contribution in [2.45, 2.75) is 72.6 Å². The minimum atomic E-state index is 0.239. The summed E-state index contributed by atoms with van der Waals surface area (Å²) in [5.74, 6) is 1.81. The SMILES string of the molecule is Cc1cc(-c2[nH]c3ccc(C4CCN(C(=O)CNCCC(C)C)CC4)cc3c2C(C)C)cc(C)n1. The number of carbonyl (C=O) groups is 1. The van der Waals surface area contributed by atoms with E-state index < -0.39 is 0 Å². The maximum absolute atomic E-state index is 12.6. The maximum atomic E-state index is 12.6. The van der Waals surface area contributed by atoms with Gasteiger partial charge in [0.2, 0.25) is 5.91 Å². The fourth-order valence-corrected chi connectivity index (χ4v) is 5.45. The van der Waals surface area contributed by atoms with Crippen molar-refractivity contribution in [3.63, 3.8) is 0 Å². The molecule has 1 saturated heterocycles. The Morgan fingerprint density at radius 2 is 1.77 bits per heavy atom. The number of fused-ring (bicyclic) bond motifs is 1. The topological polar surface area (TPSA) is 61.0 Å². The third-order valence-electron chi connectivity index (χ3n) is 7.30. The lowest BCUT2D eigenvalue weighted by Crippen LogP contribution is -2.42. The molecule has 5 heteroatoms. The standard InChI is InChI=1S/C30H42N4O/c1-19(2)9-12-31-18-28(35)34-13-10-23(11-14-34)24-7-8-27-26(17-24)29(20(3)4)30(33-27)25-15-21(5)32-22(6)16-25/h7-8,15-17,19-20,23,31,33H,9-14,18H2,1-6H3. The molecule has 0 radical (unpaired) electrons. The fourth-order valence-electron chi connectivity index (χ4n) is 5.45. The molecule has 5 nitrogen and oxygen atoms in total. The second-order valence-electron chi connectivity index (χ2n) is 11.0. The van der Waals surface area contributed by atoms with Gasteiger partial charge in [-0.25, -0.2) is 0 Å². The van der Waals surface area contributed by atoms with E-state index in [1.165, 1.54) is 33.3 Å². The van der Waals surface area contributed by atoms with Crippen molar-refractivity contribution in [1.29, 1.82) is 0 Å². The van der Waals surface area contributed by atoms with E-state index >= 15 is 0 Å². The number of hydrogen-bond donors (Lipinski definition) is 2. The van der Waals surface area contributed by atoms with Crippen LogP contribution in [0.1, 0.15) is 81.3 Å². The zero-order valence-electron chi connectivity index (χ0n) is 22.4. The van der Waals surface area contributed by atoms with Crippen molar-refractivity contribution >= 4 is 16.8 Å². The van der Waals surface area contributed by atoms with Crippen LogP contribution in [0.15, 0.2) is 30.3 Å². The van der Waals surface area contributed by atoms with Crippen LogP contribution in [0.4, 0.5) is 0 Å². The van der Waals surface area contributed by atoms with Crippen LogP contribution in [0.3, 0.4) is 0 Å². The van der Waals surface area contributed by atoms with Crippen molar-refractivity contribution in [2.24, 2.45) is 5.92 Å². The molecule has 0 bridgehead atoms. The molecule has 2 N–H and O–H groups in total. The van der Waals surface area contributed by atoms with Crippen molar-refractivity contribution in [3.05, 3.63) is 52.8 Å². The summed E-state index contributed by atoms with van der Waals surface area (Å²) >= 11 is 0. The summed E-state index contributed by atoms with van der Waals surface area (Å²) in [5, 5.41) is 4.64. The Bertz CT molecular complexity index is 1150. The van der Waals surface area contributed by atoms with Gasteiger partial charge in [0.25, 0.3) is 0 Å². The Morgan fingerprint density at radius 3 is 2.40 bits per heavy atom. The number of H-pyrrole nitrogens is 1. The van der Waals surface area contributed by atoms with E-state index in [0.29, 0.717) is 24.3 Å². The van der Waals surface area contributed by atoms with E-state index in [0.717, 1.165) is 50.3 Å². The van der Waals surface area contributed by atoms with E-state index in [1.54, 1.807) is 0 Å². The number of nitrogens with zero attached hydrogens (tertiary/aromatic N) is 2. The molecule has 188 valence electrons. The first-order chi connectivity index (χ1) is 16.7. The normalized spacial score (nSPS) is 15.0. The Labute approximate surface area is 210 Å². The van der Waals surface area contributed by atoms with Gasteiger partial charge in [-0.15, -0.1) is 0 Å². The highest BCUT2D eigenvalue weighted by Gasteiger charge is 2.25. The Balaban J connectivity index is 1.49. The van der Waals surface area contributed by atoms with E-state index in [9.17, 15) is 4.79 Å². The first-order valence-corrected chi connectivity index (χ1v) is 13.3. The summed E-state index contributed by atoms with van der Waals surface area (Å²) in [7, 11) is 0. The third-order valence-corrected chi connectivity index (χ3v) is 7.30. The largest absolute Gasteiger partial charge is 0.354 e. The average molecular weight is 475 g/mol. The molecular weight excluding hydrogens is 432 g/mol. The summed E-state index contributed by atoms with van der Waals surface area (Å²) in [4.78, 5) is 22.9. The van der Waals surface area contributed by atoms with Crippen molar-refractivity contribution in [1.82, 2.24) is 20.2 Å². The van der Waals surface area contributed by atoms with Gasteiger partial charge in [0.1, 0.15) is 0 Å². The summed E-state index contributed by atoms with van der Waals surface area (Å²) < 4.78 is 0. The minimum absolute atomic E-state index is 0.239. The number of aryl methyl sites for hydroxylation is 2. The zero-order chi connectivity index (χ0) is 25.1. The lowest BCUT2D eigenvalue weighted by Gasteiger charge is -2.32. The van der Waals surface area contributed by atoms with Crippen molar-refractivity contribution < 1.29 is 4.79 Å². The summed E-state index contributed by atoms with van der Waals surface area (Å²) in [6.45, 7) is 16.2. The highest BCUT2D eigenvalue weighted by molar-refractivity contribution is 5.92. The quantitative estimate of drug-likeness (QED) is 0.376. The third kappa shape index (κ3) is 5.95. The number of pyridine rings is 1. The molecular formula is C30H42N4O. The van der Waals surface area contributed by atoms with Crippen molar-refractivity contribution in [3.8, 4) is 11.3 Å². The molecule has 1 fully saturated rings. The monoisotopic (exact) mass is 474 g/mol. The second-order valence-corrected chi connectivity index (χ2v) is 11.0. The first-order valence-electron chi connectivity index (χ1n) is 13.3. The lowest BCUT2D eigenvalue weighted by molar-refractivity contribution is -0.131. The van der Waals surface area contributed by atoms with Crippen LogP contribution in [0, 0.1) is 19.8 Å². The molecule has 3 aromatic rings. The number of rotatable bonds is 8. The second kappa shape index (κ2) is 10.9. The number of piperidine rings is 1. The van der Waals surface area contributed by atoms with Gasteiger partial charge < -0.3 is 15.2 Å². The minimum Gasteiger partial charge on any atom is -0.354 e. The first kappa shape index (κ1) is 25.4. The van der Waals surface area contributed by atoms with Gasteiger partial charge in [0, 0.05) is 40.9 Å². The van der Waals surface area contributed by atoms with E-state index in [4.69, 9.17) is 0 Å². The van der Waals surface area contributed by atoms with E-state index in [1.807, 2.05) is 4.90 Å². The number of nitrogens with one attached hydrogen (secondary N) is 2. The van der Waals surface area contributed by atoms with Crippen LogP contribution in [-0.4, -0.2) is 47.0 Å². The van der Waals surface area contributed by atoms with Crippen LogP contribution in [0.25, 0.3) is 22.2 Å². The molecule has 35 heavy (non-hydrogen) atoms. The van der Waals surface area contributed by atoms with E-state index in [2.05, 4.69) is 87.2 Å². The molecule has 0 saturated carbocycles. The Hall–Kier alpha value is -2.66. The van der Waals surface area contributed by atoms with Crippen LogP contribution in [0.2, 0.25) is 0 Å².